The second-order valence-corrected chi connectivity index (χ2v) is 4.14. The average Bonchev–Trinajstić information content (AvgIpc) is 2.47. The van der Waals surface area contributed by atoms with Gasteiger partial charge >= 0.3 is 0 Å². The first-order valence-corrected chi connectivity index (χ1v) is 5.33. The van der Waals surface area contributed by atoms with Gasteiger partial charge < -0.3 is 15.2 Å². The van der Waals surface area contributed by atoms with Gasteiger partial charge in [-0.2, -0.15) is 0 Å². The van der Waals surface area contributed by atoms with Crippen molar-refractivity contribution >= 4 is 11.6 Å². The van der Waals surface area contributed by atoms with Gasteiger partial charge in [0.25, 0.3) is 0 Å². The summed E-state index contributed by atoms with van der Waals surface area (Å²) in [6.07, 6.45) is 0.612. The van der Waals surface area contributed by atoms with E-state index in [1.54, 1.807) is 5.54 Å². The molecule has 2 N–H and O–H groups in total. The van der Waals surface area contributed by atoms with E-state index in [0.29, 0.717) is 26.1 Å². The van der Waals surface area contributed by atoms with Crippen LogP contribution >= 0.6 is 11.6 Å². The van der Waals surface area contributed by atoms with Crippen molar-refractivity contribution in [2.75, 3.05) is 19.7 Å². The van der Waals surface area contributed by atoms with Crippen molar-refractivity contribution in [2.24, 2.45) is 0 Å². The summed E-state index contributed by atoms with van der Waals surface area (Å²) in [6, 6.07) is 0. The van der Waals surface area contributed by atoms with Crippen molar-refractivity contribution in [3.8, 4) is 0 Å². The van der Waals surface area contributed by atoms with Crippen LogP contribution in [0.4, 0.5) is 0 Å². The molecule has 0 aromatic heterocycles. The summed E-state index contributed by atoms with van der Waals surface area (Å²) < 4.78 is 5.32. The smallest absolute Gasteiger partial charge is 0.105 e. The lowest BCUT2D eigenvalue weighted by atomic mass is 9.97. The highest BCUT2D eigenvalue weighted by molar-refractivity contribution is 6.25. The van der Waals surface area contributed by atoms with Gasteiger partial charge in [0.2, 0.25) is 0 Å². The molecule has 0 saturated carbocycles. The molecule has 0 aliphatic carbocycles. The van der Waals surface area contributed by atoms with Crippen molar-refractivity contribution in [3.63, 3.8) is 0 Å². The van der Waals surface area contributed by atoms with Crippen LogP contribution in [0.2, 0.25) is 0 Å². The lowest BCUT2D eigenvalue weighted by Crippen LogP contribution is -2.46. The van der Waals surface area contributed by atoms with Crippen LogP contribution in [0.1, 0.15) is 20.3 Å². The monoisotopic (exact) mass is 219 g/mol. The number of hydrogen-bond acceptors (Lipinski definition) is 3. The lowest BCUT2D eigenvalue weighted by Gasteiger charge is -2.26. The fraction of sp³-hybridized carbons (Fsp3) is 0.800. The second kappa shape index (κ2) is 5.12. The average molecular weight is 220 g/mol. The Morgan fingerprint density at radius 3 is 3.00 bits per heavy atom. The Hall–Kier alpha value is -0.0900. The van der Waals surface area contributed by atoms with Gasteiger partial charge in [0, 0.05) is 31.7 Å². The minimum absolute atomic E-state index is 0.0877. The third-order valence-electron chi connectivity index (χ3n) is 2.68. The first-order valence-electron chi connectivity index (χ1n) is 4.89. The Kier molecular flexibility index (Phi) is 4.38. The maximum Gasteiger partial charge on any atom is 0.105 e. The number of hydrogen-bond donors (Lipinski definition) is 2. The van der Waals surface area contributed by atoms with E-state index in [-0.39, 0.29) is 6.10 Å². The van der Waals surface area contributed by atoms with E-state index in [1.807, 2.05) is 13.8 Å². The Morgan fingerprint density at radius 1 is 1.79 bits per heavy atom. The molecule has 1 aliphatic heterocycles. The van der Waals surface area contributed by atoms with Gasteiger partial charge in [0.15, 0.2) is 0 Å². The van der Waals surface area contributed by atoms with Gasteiger partial charge in [0.05, 0.1) is 6.10 Å². The van der Waals surface area contributed by atoms with Crippen molar-refractivity contribution in [2.45, 2.75) is 32.0 Å². The van der Waals surface area contributed by atoms with E-state index in [9.17, 15) is 5.11 Å². The van der Waals surface area contributed by atoms with Crippen molar-refractivity contribution in [1.29, 1.82) is 0 Å². The Morgan fingerprint density at radius 2 is 2.50 bits per heavy atom. The molecule has 4 heteroatoms. The Bertz CT molecular complexity index is 220. The third-order valence-corrected chi connectivity index (χ3v) is 3.05. The van der Waals surface area contributed by atoms with Gasteiger partial charge in [-0.15, -0.1) is 0 Å². The summed E-state index contributed by atoms with van der Waals surface area (Å²) in [4.78, 5) is 0. The highest BCUT2D eigenvalue weighted by atomic mass is 35.5. The molecule has 2 atom stereocenters. The highest BCUT2D eigenvalue weighted by Crippen LogP contribution is 2.24. The predicted molar refractivity (Wildman–Crippen MR) is 57.5 cm³/mol. The van der Waals surface area contributed by atoms with Gasteiger partial charge in [-0.1, -0.05) is 11.6 Å². The van der Waals surface area contributed by atoms with Crippen LogP contribution < -0.4 is 5.32 Å². The zero-order valence-electron chi connectivity index (χ0n) is 8.72. The number of aliphatic hydroxyl groups is 1. The quantitative estimate of drug-likeness (QED) is 0.748. The molecule has 1 heterocycles. The number of nitrogens with one attached hydrogen (secondary N) is 1. The first-order chi connectivity index (χ1) is 6.58. The molecule has 0 spiro atoms. The van der Waals surface area contributed by atoms with E-state index in [4.69, 9.17) is 16.3 Å². The molecular weight excluding hydrogens is 202 g/mol. The Labute approximate surface area is 90.1 Å². The molecule has 2 unspecified atom stereocenters. The molecule has 0 aromatic carbocycles. The fourth-order valence-electron chi connectivity index (χ4n) is 1.52. The molecule has 0 radical (unpaired) electrons. The summed E-state index contributed by atoms with van der Waals surface area (Å²) >= 11 is 5.52. The van der Waals surface area contributed by atoms with Crippen LogP contribution in [0, 0.1) is 0 Å². The molecule has 0 aromatic rings. The van der Waals surface area contributed by atoms with Gasteiger partial charge in [-0.25, -0.2) is 0 Å². The second-order valence-electron chi connectivity index (χ2n) is 3.93. The normalized spacial score (nSPS) is 33.7. The zero-order valence-corrected chi connectivity index (χ0v) is 9.47. The SMILES string of the molecule is CC(=CCl)CNCC1(O)CCOC1C. The predicted octanol–water partition coefficient (Wildman–Crippen LogP) is 1.26. The van der Waals surface area contributed by atoms with Crippen LogP contribution in [0.3, 0.4) is 0 Å². The molecule has 0 bridgehead atoms. The van der Waals surface area contributed by atoms with Crippen LogP contribution in [0.5, 0.6) is 0 Å². The summed E-state index contributed by atoms with van der Waals surface area (Å²) in [7, 11) is 0. The highest BCUT2D eigenvalue weighted by Gasteiger charge is 2.38. The van der Waals surface area contributed by atoms with Crippen molar-refractivity contribution in [1.82, 2.24) is 5.32 Å². The molecule has 1 rings (SSSR count). The van der Waals surface area contributed by atoms with Gasteiger partial charge in [0.1, 0.15) is 5.60 Å². The first kappa shape index (κ1) is 12.0. The molecule has 14 heavy (non-hydrogen) atoms. The molecule has 1 aliphatic rings. The lowest BCUT2D eigenvalue weighted by molar-refractivity contribution is -0.0256. The summed E-state index contributed by atoms with van der Waals surface area (Å²) in [6.45, 7) is 5.75. The molecular formula is C10H18ClNO2. The van der Waals surface area contributed by atoms with Crippen LogP contribution in [0.25, 0.3) is 0 Å². The van der Waals surface area contributed by atoms with E-state index in [0.717, 1.165) is 5.57 Å². The van der Waals surface area contributed by atoms with E-state index in [1.165, 1.54) is 0 Å². The maximum atomic E-state index is 10.1. The van der Waals surface area contributed by atoms with E-state index >= 15 is 0 Å². The molecule has 0 amide bonds. The number of halogens is 1. The Balaban J connectivity index is 2.30. The fourth-order valence-corrected chi connectivity index (χ4v) is 1.59. The summed E-state index contributed by atoms with van der Waals surface area (Å²) in [5, 5.41) is 13.3. The molecule has 1 fully saturated rings. The molecule has 3 nitrogen and oxygen atoms in total. The zero-order chi connectivity index (χ0) is 10.6. The van der Waals surface area contributed by atoms with Crippen molar-refractivity contribution < 1.29 is 9.84 Å². The van der Waals surface area contributed by atoms with E-state index < -0.39 is 5.60 Å². The maximum absolute atomic E-state index is 10.1. The minimum Gasteiger partial charge on any atom is -0.386 e. The molecule has 82 valence electrons. The largest absolute Gasteiger partial charge is 0.386 e. The van der Waals surface area contributed by atoms with E-state index in [2.05, 4.69) is 5.32 Å². The topological polar surface area (TPSA) is 41.5 Å². The number of ether oxygens (including phenoxy) is 1. The van der Waals surface area contributed by atoms with Crippen LogP contribution in [-0.4, -0.2) is 36.5 Å². The van der Waals surface area contributed by atoms with Gasteiger partial charge in [-0.05, 0) is 19.4 Å². The summed E-state index contributed by atoms with van der Waals surface area (Å²) in [5.74, 6) is 0. The summed E-state index contributed by atoms with van der Waals surface area (Å²) in [5.41, 5.74) is 1.89. The van der Waals surface area contributed by atoms with Crippen LogP contribution in [-0.2, 0) is 4.74 Å². The third kappa shape index (κ3) is 2.95. The molecule has 1 saturated heterocycles. The minimum atomic E-state index is -0.716. The number of rotatable bonds is 4. The van der Waals surface area contributed by atoms with Crippen LogP contribution in [0.15, 0.2) is 11.1 Å². The standard InChI is InChI=1S/C10H18ClNO2/c1-8(5-11)6-12-7-10(13)3-4-14-9(10)2/h5,9,12-13H,3-4,6-7H2,1-2H3. The van der Waals surface area contributed by atoms with Crippen molar-refractivity contribution in [3.05, 3.63) is 11.1 Å². The van der Waals surface area contributed by atoms with Gasteiger partial charge in [-0.3, -0.25) is 0 Å².